The number of carbonyl (C=O) groups excluding carboxylic acids is 2. The summed E-state index contributed by atoms with van der Waals surface area (Å²) in [6, 6.07) is 5.69. The van der Waals surface area contributed by atoms with Crippen LogP contribution >= 0.6 is 0 Å². The molecule has 7 nitrogen and oxygen atoms in total. The zero-order chi connectivity index (χ0) is 18.5. The van der Waals surface area contributed by atoms with Crippen molar-refractivity contribution in [2.24, 2.45) is 0 Å². The average molecular weight is 361 g/mol. The third-order valence-electron chi connectivity index (χ3n) is 4.78. The number of likely N-dealkylation sites (tertiary alicyclic amines) is 1. The van der Waals surface area contributed by atoms with Crippen molar-refractivity contribution in [3.63, 3.8) is 0 Å². The highest BCUT2D eigenvalue weighted by molar-refractivity contribution is 5.83. The van der Waals surface area contributed by atoms with Gasteiger partial charge >= 0.3 is 0 Å². The molecule has 1 aromatic rings. The van der Waals surface area contributed by atoms with Crippen LogP contribution in [0.5, 0.6) is 11.5 Å². The van der Waals surface area contributed by atoms with Crippen LogP contribution in [-0.2, 0) is 16.0 Å². The maximum atomic E-state index is 12.2. The van der Waals surface area contributed by atoms with E-state index >= 15 is 0 Å². The molecule has 142 valence electrons. The number of hydrogen-bond acceptors (Lipinski definition) is 5. The zero-order valence-electron chi connectivity index (χ0n) is 15.5. The Balaban J connectivity index is 1.45. The number of ether oxygens (including phenoxy) is 2. The molecule has 1 atom stereocenters. The summed E-state index contributed by atoms with van der Waals surface area (Å²) in [6.45, 7) is 2.76. The third kappa shape index (κ3) is 4.46. The van der Waals surface area contributed by atoms with Gasteiger partial charge in [0.15, 0.2) is 11.5 Å². The number of likely N-dealkylation sites (N-methyl/N-ethyl adjacent to an activating group) is 1. The van der Waals surface area contributed by atoms with Crippen LogP contribution < -0.4 is 14.8 Å². The van der Waals surface area contributed by atoms with Crippen LogP contribution in [0.4, 0.5) is 0 Å². The van der Waals surface area contributed by atoms with Gasteiger partial charge in [-0.1, -0.05) is 6.07 Å². The van der Waals surface area contributed by atoms with Crippen molar-refractivity contribution >= 4 is 11.8 Å². The second-order valence-electron chi connectivity index (χ2n) is 6.94. The number of nitrogens with zero attached hydrogens (tertiary/aromatic N) is 2. The van der Waals surface area contributed by atoms with Gasteiger partial charge in [-0.2, -0.15) is 0 Å². The molecule has 1 fully saturated rings. The van der Waals surface area contributed by atoms with Gasteiger partial charge in [-0.05, 0) is 43.5 Å². The number of nitrogens with one attached hydrogen (secondary N) is 1. The van der Waals surface area contributed by atoms with Crippen LogP contribution in [0, 0.1) is 0 Å². The maximum absolute atomic E-state index is 12.2. The van der Waals surface area contributed by atoms with Crippen LogP contribution in [0.3, 0.4) is 0 Å². The Kier molecular flexibility index (Phi) is 5.98. The average Bonchev–Trinajstić information content (AvgIpc) is 3.08. The van der Waals surface area contributed by atoms with E-state index in [9.17, 15) is 9.59 Å². The first-order valence-corrected chi connectivity index (χ1v) is 9.15. The van der Waals surface area contributed by atoms with Crippen LogP contribution in [0.2, 0.25) is 0 Å². The van der Waals surface area contributed by atoms with E-state index in [-0.39, 0.29) is 24.4 Å². The topological polar surface area (TPSA) is 71.1 Å². The van der Waals surface area contributed by atoms with Gasteiger partial charge in [0.2, 0.25) is 11.8 Å². The van der Waals surface area contributed by atoms with Crippen molar-refractivity contribution in [2.45, 2.75) is 25.3 Å². The minimum Gasteiger partial charge on any atom is -0.486 e. The van der Waals surface area contributed by atoms with E-state index in [0.29, 0.717) is 19.8 Å². The Labute approximate surface area is 154 Å². The molecule has 0 saturated carbocycles. The second kappa shape index (κ2) is 8.40. The van der Waals surface area contributed by atoms with Crippen molar-refractivity contribution < 1.29 is 19.1 Å². The molecular formula is C19H27N3O4. The van der Waals surface area contributed by atoms with E-state index in [4.69, 9.17) is 9.47 Å². The molecule has 1 unspecified atom stereocenters. The quantitative estimate of drug-likeness (QED) is 0.806. The van der Waals surface area contributed by atoms with Gasteiger partial charge in [-0.3, -0.25) is 14.5 Å². The molecule has 7 heteroatoms. The lowest BCUT2D eigenvalue weighted by molar-refractivity contribution is -0.134. The second-order valence-corrected chi connectivity index (χ2v) is 6.94. The summed E-state index contributed by atoms with van der Waals surface area (Å²) in [7, 11) is 3.51. The summed E-state index contributed by atoms with van der Waals surface area (Å²) < 4.78 is 11.1. The predicted molar refractivity (Wildman–Crippen MR) is 97.4 cm³/mol. The molecule has 2 amide bonds. The number of amides is 2. The van der Waals surface area contributed by atoms with Crippen molar-refractivity contribution in [2.75, 3.05) is 46.9 Å². The monoisotopic (exact) mass is 361 g/mol. The highest BCUT2D eigenvalue weighted by atomic mass is 16.6. The molecule has 2 aliphatic rings. The zero-order valence-corrected chi connectivity index (χ0v) is 15.5. The fraction of sp³-hybridized carbons (Fsp3) is 0.579. The molecule has 1 saturated heterocycles. The van der Waals surface area contributed by atoms with E-state index in [2.05, 4.69) is 5.32 Å². The molecule has 2 heterocycles. The highest BCUT2D eigenvalue weighted by Gasteiger charge is 2.32. The van der Waals surface area contributed by atoms with E-state index < -0.39 is 0 Å². The molecule has 0 aromatic heterocycles. The van der Waals surface area contributed by atoms with Gasteiger partial charge in [0.1, 0.15) is 13.2 Å². The summed E-state index contributed by atoms with van der Waals surface area (Å²) in [6.07, 6.45) is 2.50. The van der Waals surface area contributed by atoms with Gasteiger partial charge in [-0.15, -0.1) is 0 Å². The number of benzene rings is 1. The van der Waals surface area contributed by atoms with Crippen LogP contribution in [0.1, 0.15) is 18.4 Å². The van der Waals surface area contributed by atoms with E-state index in [0.717, 1.165) is 42.9 Å². The van der Waals surface area contributed by atoms with Crippen molar-refractivity contribution in [3.05, 3.63) is 23.8 Å². The molecular weight excluding hydrogens is 334 g/mol. The van der Waals surface area contributed by atoms with Crippen LogP contribution in [-0.4, -0.2) is 74.6 Å². The summed E-state index contributed by atoms with van der Waals surface area (Å²) >= 11 is 0. The standard InChI is InChI=1S/C19H27N3O4/c1-21(2)19(24)15-4-3-9-22(15)13-18(23)20-8-7-14-5-6-16-17(12-14)26-11-10-25-16/h5-6,12,15H,3-4,7-11,13H2,1-2H3,(H,20,23). The fourth-order valence-electron chi connectivity index (χ4n) is 3.42. The lowest BCUT2D eigenvalue weighted by Crippen LogP contribution is -2.46. The van der Waals surface area contributed by atoms with Gasteiger partial charge < -0.3 is 19.7 Å². The summed E-state index contributed by atoms with van der Waals surface area (Å²) in [4.78, 5) is 28.0. The molecule has 1 aromatic carbocycles. The molecule has 0 spiro atoms. The van der Waals surface area contributed by atoms with Gasteiger partial charge in [-0.25, -0.2) is 0 Å². The molecule has 3 rings (SSSR count). The number of fused-ring (bicyclic) bond motifs is 1. The molecule has 0 bridgehead atoms. The Morgan fingerprint density at radius 2 is 2.00 bits per heavy atom. The van der Waals surface area contributed by atoms with Crippen LogP contribution in [0.25, 0.3) is 0 Å². The maximum Gasteiger partial charge on any atom is 0.239 e. The minimum atomic E-state index is -0.173. The molecule has 2 aliphatic heterocycles. The van der Waals surface area contributed by atoms with Gasteiger partial charge in [0.05, 0.1) is 12.6 Å². The Hall–Kier alpha value is -2.28. The normalized spacial score (nSPS) is 19.2. The first-order valence-electron chi connectivity index (χ1n) is 9.15. The smallest absolute Gasteiger partial charge is 0.239 e. The molecule has 26 heavy (non-hydrogen) atoms. The fourth-order valence-corrected chi connectivity index (χ4v) is 3.42. The Bertz CT molecular complexity index is 662. The summed E-state index contributed by atoms with van der Waals surface area (Å²) in [5, 5.41) is 2.95. The number of carbonyl (C=O) groups is 2. The lowest BCUT2D eigenvalue weighted by atomic mass is 10.1. The van der Waals surface area contributed by atoms with Gasteiger partial charge in [0, 0.05) is 20.6 Å². The predicted octanol–water partition coefficient (Wildman–Crippen LogP) is 0.669. The third-order valence-corrected chi connectivity index (χ3v) is 4.78. The Morgan fingerprint density at radius 3 is 2.77 bits per heavy atom. The molecule has 1 N–H and O–H groups in total. The van der Waals surface area contributed by atoms with Crippen molar-refractivity contribution in [3.8, 4) is 11.5 Å². The Morgan fingerprint density at radius 1 is 1.23 bits per heavy atom. The molecule has 0 radical (unpaired) electrons. The number of rotatable bonds is 6. The lowest BCUT2D eigenvalue weighted by Gasteiger charge is -2.25. The SMILES string of the molecule is CN(C)C(=O)C1CCCN1CC(=O)NCCc1ccc2c(c1)OCCO2. The van der Waals surface area contributed by atoms with Gasteiger partial charge in [0.25, 0.3) is 0 Å². The minimum absolute atomic E-state index is 0.0407. The van der Waals surface area contributed by atoms with Crippen molar-refractivity contribution in [1.29, 1.82) is 0 Å². The number of hydrogen-bond donors (Lipinski definition) is 1. The van der Waals surface area contributed by atoms with E-state index in [1.54, 1.807) is 19.0 Å². The summed E-state index contributed by atoms with van der Waals surface area (Å²) in [5.74, 6) is 1.57. The molecule has 0 aliphatic carbocycles. The van der Waals surface area contributed by atoms with Crippen LogP contribution in [0.15, 0.2) is 18.2 Å². The summed E-state index contributed by atoms with van der Waals surface area (Å²) in [5.41, 5.74) is 1.09. The first kappa shape index (κ1) is 18.5. The largest absolute Gasteiger partial charge is 0.486 e. The first-order chi connectivity index (χ1) is 12.5. The highest BCUT2D eigenvalue weighted by Crippen LogP contribution is 2.30. The van der Waals surface area contributed by atoms with E-state index in [1.165, 1.54) is 0 Å². The van der Waals surface area contributed by atoms with Crippen molar-refractivity contribution in [1.82, 2.24) is 15.1 Å². The van der Waals surface area contributed by atoms with E-state index in [1.807, 2.05) is 23.1 Å².